The van der Waals surface area contributed by atoms with Crippen molar-refractivity contribution in [2.45, 2.75) is 13.8 Å². The molecule has 0 nitrogen and oxygen atoms in total. The van der Waals surface area contributed by atoms with Crippen LogP contribution in [0.5, 0.6) is 0 Å². The Balaban J connectivity index is 1.32. The molecule has 232 valence electrons. The van der Waals surface area contributed by atoms with Gasteiger partial charge in [0.2, 0.25) is 0 Å². The van der Waals surface area contributed by atoms with Crippen molar-refractivity contribution in [2.75, 3.05) is 0 Å². The highest BCUT2D eigenvalue weighted by Crippen LogP contribution is 2.62. The first-order valence-electron chi connectivity index (χ1n) is 17.6. The number of hydrogen-bond donors (Lipinski definition) is 0. The molecule has 2 aliphatic rings. The highest BCUT2D eigenvalue weighted by Gasteiger charge is 2.35. The second kappa shape index (κ2) is 10.1. The first-order chi connectivity index (χ1) is 24.7. The van der Waals surface area contributed by atoms with Crippen LogP contribution in [0.4, 0.5) is 0 Å². The van der Waals surface area contributed by atoms with E-state index >= 15 is 0 Å². The Morgan fingerprint density at radius 1 is 0.280 bits per heavy atom. The maximum absolute atomic E-state index is 2.43. The van der Waals surface area contributed by atoms with Crippen LogP contribution in [-0.2, 0) is 0 Å². The number of rotatable bonds is 3. The largest absolute Gasteiger partial charge is 0.0622 e. The molecule has 0 saturated carbocycles. The Morgan fingerprint density at radius 3 is 1.28 bits per heavy atom. The van der Waals surface area contributed by atoms with Gasteiger partial charge in [-0.1, -0.05) is 146 Å². The molecule has 0 N–H and O–H groups in total. The SMILES string of the molecule is Cc1cccc(C)c1-c1cccc2c1-c1ccc3c4c(ccc-2c14)-c1c-3c(-c2ccccc2)c2cc3ccccc3cc2c1-c1ccccc1. The zero-order chi connectivity index (χ0) is 33.1. The van der Waals surface area contributed by atoms with Gasteiger partial charge >= 0.3 is 0 Å². The van der Waals surface area contributed by atoms with Crippen LogP contribution in [-0.4, -0.2) is 0 Å². The Bertz CT molecular complexity index is 2780. The van der Waals surface area contributed by atoms with Gasteiger partial charge in [0.15, 0.2) is 0 Å². The molecule has 50 heavy (non-hydrogen) atoms. The maximum atomic E-state index is 2.43. The van der Waals surface area contributed by atoms with Crippen molar-refractivity contribution >= 4 is 32.3 Å². The van der Waals surface area contributed by atoms with Gasteiger partial charge in [-0.2, -0.15) is 0 Å². The second-order valence-corrected chi connectivity index (χ2v) is 14.0. The quantitative estimate of drug-likeness (QED) is 0.170. The molecule has 0 spiro atoms. The molecule has 0 heterocycles. The van der Waals surface area contributed by atoms with Crippen molar-refractivity contribution in [3.63, 3.8) is 0 Å². The Hall–Kier alpha value is -6.24. The van der Waals surface area contributed by atoms with Crippen LogP contribution in [0.25, 0.3) is 110 Å². The fourth-order valence-electron chi connectivity index (χ4n) is 9.38. The summed E-state index contributed by atoms with van der Waals surface area (Å²) in [4.78, 5) is 0. The van der Waals surface area contributed by atoms with E-state index in [1.165, 1.54) is 121 Å². The van der Waals surface area contributed by atoms with Gasteiger partial charge in [-0.05, 0) is 147 Å². The molecule has 0 atom stereocenters. The van der Waals surface area contributed by atoms with Crippen molar-refractivity contribution in [1.29, 1.82) is 0 Å². The molecule has 9 aromatic carbocycles. The van der Waals surface area contributed by atoms with Crippen LogP contribution in [0.3, 0.4) is 0 Å². The van der Waals surface area contributed by atoms with Crippen molar-refractivity contribution in [1.82, 2.24) is 0 Å². The van der Waals surface area contributed by atoms with E-state index in [2.05, 4.69) is 172 Å². The summed E-state index contributed by atoms with van der Waals surface area (Å²) in [6, 6.07) is 59.1. The fraction of sp³-hybridized carbons (Fsp3) is 0.0400. The van der Waals surface area contributed by atoms with E-state index in [0.717, 1.165) is 0 Å². The minimum absolute atomic E-state index is 1.25. The second-order valence-electron chi connectivity index (χ2n) is 14.0. The lowest BCUT2D eigenvalue weighted by Crippen LogP contribution is -1.94. The third kappa shape index (κ3) is 3.60. The summed E-state index contributed by atoms with van der Waals surface area (Å²) in [6.07, 6.45) is 0. The minimum atomic E-state index is 1.25. The van der Waals surface area contributed by atoms with Crippen molar-refractivity contribution in [2.24, 2.45) is 0 Å². The van der Waals surface area contributed by atoms with Crippen molar-refractivity contribution in [3.8, 4) is 77.9 Å². The lowest BCUT2D eigenvalue weighted by molar-refractivity contribution is 1.38. The van der Waals surface area contributed by atoms with E-state index in [4.69, 9.17) is 0 Å². The molecule has 0 saturated heterocycles. The molecule has 0 unspecified atom stereocenters. The summed E-state index contributed by atoms with van der Waals surface area (Å²) in [5.41, 5.74) is 21.2. The van der Waals surface area contributed by atoms with Crippen LogP contribution in [0.2, 0.25) is 0 Å². The van der Waals surface area contributed by atoms with E-state index in [1.807, 2.05) is 0 Å². The molecule has 11 rings (SSSR count). The number of aryl methyl sites for hydroxylation is 2. The lowest BCUT2D eigenvalue weighted by Gasteiger charge is -2.21. The molecular weight excluding hydrogens is 601 g/mol. The molecule has 9 aromatic rings. The molecule has 2 aliphatic carbocycles. The minimum Gasteiger partial charge on any atom is -0.0622 e. The average Bonchev–Trinajstić information content (AvgIpc) is 3.66. The van der Waals surface area contributed by atoms with Gasteiger partial charge < -0.3 is 0 Å². The van der Waals surface area contributed by atoms with E-state index < -0.39 is 0 Å². The zero-order valence-corrected chi connectivity index (χ0v) is 28.0. The predicted molar refractivity (Wildman–Crippen MR) is 214 cm³/mol. The number of hydrogen-bond acceptors (Lipinski definition) is 0. The average molecular weight is 633 g/mol. The number of benzene rings is 9. The van der Waals surface area contributed by atoms with Crippen molar-refractivity contribution < 1.29 is 0 Å². The topological polar surface area (TPSA) is 0 Å². The molecule has 0 heteroatoms. The highest BCUT2D eigenvalue weighted by atomic mass is 14.4. The van der Waals surface area contributed by atoms with Gasteiger partial charge in [-0.3, -0.25) is 0 Å². The molecule has 0 bridgehead atoms. The van der Waals surface area contributed by atoms with Gasteiger partial charge in [-0.25, -0.2) is 0 Å². The first-order valence-corrected chi connectivity index (χ1v) is 17.6. The van der Waals surface area contributed by atoms with Gasteiger partial charge in [0.1, 0.15) is 0 Å². The zero-order valence-electron chi connectivity index (χ0n) is 28.0. The standard InChI is InChI=1S/C50H32/c1-29-13-11-14-30(2)43(29)37-22-12-21-35-36-23-24-39-48-40(26-25-38(46(35)37)47(36)48)50-45(32-17-7-4-8-18-32)42-28-34-20-10-9-19-33(34)27-41(42)44(49(39)50)31-15-5-3-6-16-31/h3-28H,1-2H3. The summed E-state index contributed by atoms with van der Waals surface area (Å²) in [5.74, 6) is 0. The summed E-state index contributed by atoms with van der Waals surface area (Å²) >= 11 is 0. The van der Waals surface area contributed by atoms with Gasteiger partial charge in [0.05, 0.1) is 0 Å². The smallest absolute Gasteiger partial charge is 0.000740 e. The van der Waals surface area contributed by atoms with Crippen molar-refractivity contribution in [3.05, 3.63) is 169 Å². The third-order valence-corrected chi connectivity index (χ3v) is 11.4. The van der Waals surface area contributed by atoms with Crippen LogP contribution in [0.15, 0.2) is 158 Å². The number of fused-ring (bicyclic) bond motifs is 8. The lowest BCUT2D eigenvalue weighted by atomic mass is 9.81. The van der Waals surface area contributed by atoms with Crippen LogP contribution in [0, 0.1) is 13.8 Å². The molecule has 0 fully saturated rings. The van der Waals surface area contributed by atoms with Crippen LogP contribution >= 0.6 is 0 Å². The predicted octanol–water partition coefficient (Wildman–Crippen LogP) is 14.1. The van der Waals surface area contributed by atoms with Gasteiger partial charge in [-0.15, -0.1) is 0 Å². The summed E-state index contributed by atoms with van der Waals surface area (Å²) in [7, 11) is 0. The van der Waals surface area contributed by atoms with E-state index in [9.17, 15) is 0 Å². The van der Waals surface area contributed by atoms with E-state index in [0.29, 0.717) is 0 Å². The fourth-order valence-corrected chi connectivity index (χ4v) is 9.38. The molecule has 0 aliphatic heterocycles. The summed E-state index contributed by atoms with van der Waals surface area (Å²) < 4.78 is 0. The van der Waals surface area contributed by atoms with Gasteiger partial charge in [0.25, 0.3) is 0 Å². The molecular formula is C50H32. The molecule has 0 aromatic heterocycles. The van der Waals surface area contributed by atoms with Crippen LogP contribution in [0.1, 0.15) is 11.1 Å². The van der Waals surface area contributed by atoms with Crippen LogP contribution < -0.4 is 0 Å². The van der Waals surface area contributed by atoms with Gasteiger partial charge in [0, 0.05) is 0 Å². The normalized spacial score (nSPS) is 12.2. The van der Waals surface area contributed by atoms with E-state index in [-0.39, 0.29) is 0 Å². The Kier molecular flexibility index (Phi) is 5.61. The Morgan fingerprint density at radius 2 is 0.720 bits per heavy atom. The highest BCUT2D eigenvalue weighted by molar-refractivity contribution is 6.33. The molecule has 0 amide bonds. The third-order valence-electron chi connectivity index (χ3n) is 11.4. The summed E-state index contributed by atoms with van der Waals surface area (Å²) in [6.45, 7) is 4.49. The Labute approximate surface area is 291 Å². The maximum Gasteiger partial charge on any atom is -0.000740 e. The molecule has 0 radical (unpaired) electrons. The first kappa shape index (κ1) is 27.7. The monoisotopic (exact) mass is 632 g/mol. The summed E-state index contributed by atoms with van der Waals surface area (Å²) in [5, 5.41) is 7.90. The van der Waals surface area contributed by atoms with E-state index in [1.54, 1.807) is 0 Å².